The van der Waals surface area contributed by atoms with Crippen LogP contribution in [-0.4, -0.2) is 43.0 Å². The Morgan fingerprint density at radius 1 is 0.889 bits per heavy atom. The summed E-state index contributed by atoms with van der Waals surface area (Å²) in [5.74, 6) is 2.30. The molecule has 1 fully saturated rings. The Morgan fingerprint density at radius 3 is 2.36 bits per heavy atom. The van der Waals surface area contributed by atoms with Crippen LogP contribution in [0, 0.1) is 0 Å². The molecule has 1 saturated heterocycles. The molecule has 5 rings (SSSR count). The minimum atomic E-state index is 0. The molecular weight excluding hydrogens is 521 g/mol. The zero-order valence-electron chi connectivity index (χ0n) is 19.6. The van der Waals surface area contributed by atoms with Crippen LogP contribution < -0.4 is 14.4 Å². The van der Waals surface area contributed by atoms with E-state index in [1.165, 1.54) is 38.8 Å². The first kappa shape index (κ1) is 28.5. The molecule has 2 aliphatic rings. The number of halogens is 3. The van der Waals surface area contributed by atoms with E-state index in [9.17, 15) is 0 Å². The van der Waals surface area contributed by atoms with Crippen molar-refractivity contribution >= 4 is 41.5 Å². The fourth-order valence-electron chi connectivity index (χ4n) is 4.62. The molecule has 2 aliphatic heterocycles. The Labute approximate surface area is 229 Å². The Bertz CT molecular complexity index is 1100. The molecule has 0 atom stereocenters. The van der Waals surface area contributed by atoms with Gasteiger partial charge in [-0.15, -0.1) is 12.4 Å². The molecule has 36 heavy (non-hydrogen) atoms. The zero-order valence-corrected chi connectivity index (χ0v) is 21.9. The molecule has 3 heterocycles. The van der Waals surface area contributed by atoms with Crippen molar-refractivity contribution in [2.75, 3.05) is 37.9 Å². The highest BCUT2D eigenvalue weighted by atomic mass is 35.5. The smallest absolute Gasteiger partial charge is 0.231 e. The van der Waals surface area contributed by atoms with E-state index in [0.29, 0.717) is 22.3 Å². The van der Waals surface area contributed by atoms with E-state index in [4.69, 9.17) is 37.2 Å². The van der Waals surface area contributed by atoms with Gasteiger partial charge in [0.1, 0.15) is 5.69 Å². The highest BCUT2D eigenvalue weighted by Crippen LogP contribution is 2.34. The summed E-state index contributed by atoms with van der Waals surface area (Å²) < 4.78 is 16.8. The number of benzene rings is 2. The van der Waals surface area contributed by atoms with Gasteiger partial charge in [0.25, 0.3) is 0 Å². The third-order valence-electron chi connectivity index (χ3n) is 6.38. The summed E-state index contributed by atoms with van der Waals surface area (Å²) in [6, 6.07) is 13.4. The average Bonchev–Trinajstić information content (AvgIpc) is 3.42. The van der Waals surface area contributed by atoms with Crippen molar-refractivity contribution in [2.45, 2.75) is 46.1 Å². The van der Waals surface area contributed by atoms with Crippen LogP contribution in [-0.2, 0) is 6.54 Å². The number of fused-ring (bicyclic) bond motifs is 1. The molecule has 196 valence electrons. The molecule has 3 aromatic rings. The maximum atomic E-state index is 6.20. The number of hydrogen-bond acceptors (Lipinski definition) is 6. The van der Waals surface area contributed by atoms with Gasteiger partial charge in [-0.1, -0.05) is 54.7 Å². The second-order valence-corrected chi connectivity index (χ2v) is 9.80. The topological polar surface area (TPSA) is 51.0 Å². The van der Waals surface area contributed by atoms with Gasteiger partial charge in [-0.05, 0) is 74.8 Å². The molecule has 0 saturated carbocycles. The van der Waals surface area contributed by atoms with Gasteiger partial charge in [0.2, 0.25) is 12.7 Å². The van der Waals surface area contributed by atoms with Crippen molar-refractivity contribution in [1.29, 1.82) is 0 Å². The molecule has 0 amide bonds. The van der Waals surface area contributed by atoms with Gasteiger partial charge in [0.15, 0.2) is 11.5 Å². The van der Waals surface area contributed by atoms with Crippen LogP contribution in [0.2, 0.25) is 10.0 Å². The van der Waals surface area contributed by atoms with Crippen molar-refractivity contribution in [3.8, 4) is 22.8 Å². The fourth-order valence-corrected chi connectivity index (χ4v) is 5.15. The minimum absolute atomic E-state index is 0. The zero-order chi connectivity index (χ0) is 23.3. The third-order valence-corrected chi connectivity index (χ3v) is 6.82. The standard InChI is InChI=1S/C26H29Cl2N3O3.CH4.ClH/c27-21-13-20(14-22(28)15-21)23-16-26(34-29-23)31(11-5-10-30-8-3-1-2-4-9-30)17-19-6-7-24-25(12-19)33-18-32-24;;/h6-7,12-16H,1-5,8-11,17-18H2;1H4;1H. The van der Waals surface area contributed by atoms with Crippen LogP contribution in [0.3, 0.4) is 0 Å². The van der Waals surface area contributed by atoms with Crippen LogP contribution in [0.15, 0.2) is 47.0 Å². The lowest BCUT2D eigenvalue weighted by Gasteiger charge is -2.24. The van der Waals surface area contributed by atoms with Gasteiger partial charge >= 0.3 is 0 Å². The van der Waals surface area contributed by atoms with Crippen molar-refractivity contribution in [3.63, 3.8) is 0 Å². The van der Waals surface area contributed by atoms with Gasteiger partial charge in [0.05, 0.1) is 0 Å². The molecule has 1 aromatic heterocycles. The predicted octanol–water partition coefficient (Wildman–Crippen LogP) is 7.71. The Hall–Kier alpha value is -2.12. The number of likely N-dealkylation sites (tertiary alicyclic amines) is 1. The van der Waals surface area contributed by atoms with Crippen molar-refractivity contribution < 1.29 is 14.0 Å². The van der Waals surface area contributed by atoms with Gasteiger partial charge in [-0.3, -0.25) is 0 Å². The number of anilines is 1. The first-order chi connectivity index (χ1) is 16.6. The van der Waals surface area contributed by atoms with Crippen LogP contribution in [0.5, 0.6) is 11.5 Å². The van der Waals surface area contributed by atoms with Crippen molar-refractivity contribution in [1.82, 2.24) is 10.1 Å². The largest absolute Gasteiger partial charge is 0.454 e. The molecule has 0 aliphatic carbocycles. The summed E-state index contributed by atoms with van der Waals surface area (Å²) in [5.41, 5.74) is 2.67. The van der Waals surface area contributed by atoms with E-state index < -0.39 is 0 Å². The van der Waals surface area contributed by atoms with Crippen molar-refractivity contribution in [3.05, 3.63) is 58.1 Å². The van der Waals surface area contributed by atoms with E-state index in [-0.39, 0.29) is 26.6 Å². The first-order valence-electron chi connectivity index (χ1n) is 11.9. The number of hydrogen-bond donors (Lipinski definition) is 0. The summed E-state index contributed by atoms with van der Waals surface area (Å²) in [4.78, 5) is 4.82. The number of aromatic nitrogens is 1. The van der Waals surface area contributed by atoms with E-state index >= 15 is 0 Å². The Morgan fingerprint density at radius 2 is 1.61 bits per heavy atom. The van der Waals surface area contributed by atoms with E-state index in [1.54, 1.807) is 6.07 Å². The van der Waals surface area contributed by atoms with Gasteiger partial charge < -0.3 is 23.8 Å². The second kappa shape index (κ2) is 13.4. The van der Waals surface area contributed by atoms with Crippen LogP contribution >= 0.6 is 35.6 Å². The highest BCUT2D eigenvalue weighted by Gasteiger charge is 2.19. The van der Waals surface area contributed by atoms with Crippen LogP contribution in [0.25, 0.3) is 11.3 Å². The normalized spacial score (nSPS) is 15.1. The molecule has 0 bridgehead atoms. The van der Waals surface area contributed by atoms with Gasteiger partial charge in [-0.2, -0.15) is 0 Å². The lowest BCUT2D eigenvalue weighted by Crippen LogP contribution is -2.30. The maximum absolute atomic E-state index is 6.20. The molecule has 9 heteroatoms. The molecule has 0 N–H and O–H groups in total. The molecular formula is C27H34Cl3N3O3. The first-order valence-corrected chi connectivity index (χ1v) is 12.7. The van der Waals surface area contributed by atoms with E-state index in [2.05, 4.69) is 21.0 Å². The lowest BCUT2D eigenvalue weighted by atomic mass is 10.1. The summed E-state index contributed by atoms with van der Waals surface area (Å²) in [5, 5.41) is 5.45. The average molecular weight is 555 g/mol. The molecule has 6 nitrogen and oxygen atoms in total. The van der Waals surface area contributed by atoms with E-state index in [1.807, 2.05) is 30.3 Å². The molecule has 0 unspecified atom stereocenters. The lowest BCUT2D eigenvalue weighted by molar-refractivity contribution is 0.174. The molecule has 0 spiro atoms. The van der Waals surface area contributed by atoms with Crippen LogP contribution in [0.1, 0.15) is 45.1 Å². The van der Waals surface area contributed by atoms with E-state index in [0.717, 1.165) is 48.0 Å². The SMILES string of the molecule is C.Cl.Clc1cc(Cl)cc(-c2cc(N(CCCN3CCCCCC3)Cc3ccc4c(c3)OCO4)on2)c1. The highest BCUT2D eigenvalue weighted by molar-refractivity contribution is 6.35. The number of nitrogens with zero attached hydrogens (tertiary/aromatic N) is 3. The number of rotatable bonds is 8. The van der Waals surface area contributed by atoms with Gasteiger partial charge in [0, 0.05) is 34.8 Å². The second-order valence-electron chi connectivity index (χ2n) is 8.93. The summed E-state index contributed by atoms with van der Waals surface area (Å²) in [6.45, 7) is 5.29. The van der Waals surface area contributed by atoms with Crippen LogP contribution in [0.4, 0.5) is 5.88 Å². The number of ether oxygens (including phenoxy) is 2. The Balaban J connectivity index is 0.00000180. The molecule has 0 radical (unpaired) electrons. The molecule has 2 aromatic carbocycles. The minimum Gasteiger partial charge on any atom is -0.454 e. The summed E-state index contributed by atoms with van der Waals surface area (Å²) >= 11 is 12.4. The monoisotopic (exact) mass is 553 g/mol. The predicted molar refractivity (Wildman–Crippen MR) is 149 cm³/mol. The maximum Gasteiger partial charge on any atom is 0.231 e. The Kier molecular flexibility index (Phi) is 10.6. The fraction of sp³-hybridized carbons (Fsp3) is 0.444. The van der Waals surface area contributed by atoms with Crippen molar-refractivity contribution in [2.24, 2.45) is 0 Å². The summed E-state index contributed by atoms with van der Waals surface area (Å²) in [7, 11) is 0. The summed E-state index contributed by atoms with van der Waals surface area (Å²) in [6.07, 6.45) is 6.34. The quantitative estimate of drug-likeness (QED) is 0.284. The third kappa shape index (κ3) is 7.22. The van der Waals surface area contributed by atoms with Gasteiger partial charge in [-0.25, -0.2) is 0 Å².